The number of carbonyl (C=O) groups excluding carboxylic acids is 2. The van der Waals surface area contributed by atoms with Crippen LogP contribution in [0.15, 0.2) is 30.3 Å². The number of ether oxygens (including phenoxy) is 2. The summed E-state index contributed by atoms with van der Waals surface area (Å²) in [5.74, 6) is 0.495. The highest BCUT2D eigenvalue weighted by Crippen LogP contribution is 2.24. The van der Waals surface area contributed by atoms with Gasteiger partial charge in [-0.2, -0.15) is 0 Å². The molecule has 0 saturated carbocycles. The molecule has 0 aliphatic rings. The molecule has 0 aliphatic carbocycles. The minimum Gasteiger partial charge on any atom is -0.496 e. The summed E-state index contributed by atoms with van der Waals surface area (Å²) in [6.07, 6.45) is 1.10. The number of allylic oxidation sites excluding steroid dienone is 1. The number of carbonyl (C=O) groups is 2. The Hall–Kier alpha value is -2.50. The zero-order valence-electron chi connectivity index (χ0n) is 15.9. The number of amides is 2. The lowest BCUT2D eigenvalue weighted by Crippen LogP contribution is -2.38. The summed E-state index contributed by atoms with van der Waals surface area (Å²) in [5.41, 5.74) is 1.13. The van der Waals surface area contributed by atoms with E-state index in [2.05, 4.69) is 5.32 Å². The van der Waals surface area contributed by atoms with E-state index < -0.39 is 11.7 Å². The SMILES string of the molecule is COc1ccccc1C(C)=CC(=O)NCCN(C)C(=O)OC(C)(C)C. The predicted octanol–water partition coefficient (Wildman–Crippen LogP) is 3.08. The molecule has 6 nitrogen and oxygen atoms in total. The molecule has 138 valence electrons. The first-order valence-corrected chi connectivity index (χ1v) is 8.17. The van der Waals surface area contributed by atoms with Crippen LogP contribution in [0.4, 0.5) is 4.79 Å². The number of para-hydroxylation sites is 1. The molecular formula is C19H28N2O4. The average Bonchev–Trinajstić information content (AvgIpc) is 2.52. The van der Waals surface area contributed by atoms with Crippen LogP contribution >= 0.6 is 0 Å². The lowest BCUT2D eigenvalue weighted by molar-refractivity contribution is -0.116. The summed E-state index contributed by atoms with van der Waals surface area (Å²) in [6.45, 7) is 7.99. The molecule has 0 spiro atoms. The van der Waals surface area contributed by atoms with Gasteiger partial charge in [0, 0.05) is 31.8 Å². The molecule has 1 N–H and O–H groups in total. The highest BCUT2D eigenvalue weighted by Gasteiger charge is 2.19. The van der Waals surface area contributed by atoms with Crippen molar-refractivity contribution in [3.8, 4) is 5.75 Å². The van der Waals surface area contributed by atoms with E-state index in [0.29, 0.717) is 18.8 Å². The van der Waals surface area contributed by atoms with Gasteiger partial charge < -0.3 is 19.7 Å². The van der Waals surface area contributed by atoms with Crippen molar-refractivity contribution >= 4 is 17.6 Å². The van der Waals surface area contributed by atoms with Crippen LogP contribution in [0.1, 0.15) is 33.3 Å². The van der Waals surface area contributed by atoms with Gasteiger partial charge in [0.2, 0.25) is 5.91 Å². The number of methoxy groups -OCH3 is 1. The van der Waals surface area contributed by atoms with Crippen molar-refractivity contribution in [2.24, 2.45) is 0 Å². The number of rotatable bonds is 6. The summed E-state index contributed by atoms with van der Waals surface area (Å²) in [7, 11) is 3.23. The summed E-state index contributed by atoms with van der Waals surface area (Å²) < 4.78 is 10.5. The summed E-state index contributed by atoms with van der Waals surface area (Å²) in [5, 5.41) is 2.76. The van der Waals surface area contributed by atoms with E-state index in [1.807, 2.05) is 52.0 Å². The first-order valence-electron chi connectivity index (χ1n) is 8.17. The highest BCUT2D eigenvalue weighted by atomic mass is 16.6. The number of benzene rings is 1. The van der Waals surface area contributed by atoms with E-state index in [1.165, 1.54) is 11.0 Å². The molecule has 0 fully saturated rings. The maximum Gasteiger partial charge on any atom is 0.410 e. The van der Waals surface area contributed by atoms with Crippen molar-refractivity contribution in [3.63, 3.8) is 0 Å². The zero-order valence-corrected chi connectivity index (χ0v) is 15.9. The molecule has 25 heavy (non-hydrogen) atoms. The zero-order chi connectivity index (χ0) is 19.0. The fourth-order valence-electron chi connectivity index (χ4n) is 2.07. The Morgan fingerprint density at radius 3 is 2.48 bits per heavy atom. The van der Waals surface area contributed by atoms with Crippen LogP contribution in [-0.4, -0.2) is 49.7 Å². The van der Waals surface area contributed by atoms with E-state index in [9.17, 15) is 9.59 Å². The number of hydrogen-bond donors (Lipinski definition) is 1. The number of hydrogen-bond acceptors (Lipinski definition) is 4. The van der Waals surface area contributed by atoms with E-state index in [4.69, 9.17) is 9.47 Å². The van der Waals surface area contributed by atoms with Gasteiger partial charge in [0.05, 0.1) is 7.11 Å². The summed E-state index contributed by atoms with van der Waals surface area (Å²) >= 11 is 0. The molecule has 0 saturated heterocycles. The van der Waals surface area contributed by atoms with Crippen LogP contribution in [0.2, 0.25) is 0 Å². The fourth-order valence-corrected chi connectivity index (χ4v) is 2.07. The summed E-state index contributed by atoms with van der Waals surface area (Å²) in [4.78, 5) is 25.3. The van der Waals surface area contributed by atoms with Crippen LogP contribution in [0.5, 0.6) is 5.75 Å². The van der Waals surface area contributed by atoms with Crippen molar-refractivity contribution in [3.05, 3.63) is 35.9 Å². The van der Waals surface area contributed by atoms with Crippen LogP contribution in [0.25, 0.3) is 5.57 Å². The van der Waals surface area contributed by atoms with Gasteiger partial charge in [-0.1, -0.05) is 18.2 Å². The second kappa shape index (κ2) is 9.11. The molecule has 6 heteroatoms. The Labute approximate surface area is 149 Å². The van der Waals surface area contributed by atoms with Crippen molar-refractivity contribution in [1.82, 2.24) is 10.2 Å². The number of nitrogens with zero attached hydrogens (tertiary/aromatic N) is 1. The molecule has 2 amide bonds. The lowest BCUT2D eigenvalue weighted by atomic mass is 10.1. The summed E-state index contributed by atoms with van der Waals surface area (Å²) in [6, 6.07) is 7.51. The van der Waals surface area contributed by atoms with Crippen molar-refractivity contribution in [2.75, 3.05) is 27.2 Å². The quantitative estimate of drug-likeness (QED) is 0.802. The number of nitrogens with one attached hydrogen (secondary N) is 1. The molecule has 0 radical (unpaired) electrons. The average molecular weight is 348 g/mol. The third kappa shape index (κ3) is 7.28. The van der Waals surface area contributed by atoms with Gasteiger partial charge in [0.15, 0.2) is 0 Å². The van der Waals surface area contributed by atoms with Crippen LogP contribution in [0, 0.1) is 0 Å². The van der Waals surface area contributed by atoms with Gasteiger partial charge in [-0.05, 0) is 39.3 Å². The Bertz CT molecular complexity index is 633. The largest absolute Gasteiger partial charge is 0.496 e. The van der Waals surface area contributed by atoms with Crippen molar-refractivity contribution < 1.29 is 19.1 Å². The Morgan fingerprint density at radius 1 is 1.24 bits per heavy atom. The second-order valence-corrected chi connectivity index (χ2v) is 6.72. The van der Waals surface area contributed by atoms with E-state index >= 15 is 0 Å². The first kappa shape index (κ1) is 20.5. The first-order chi connectivity index (χ1) is 11.6. The molecule has 0 aliphatic heterocycles. The number of likely N-dealkylation sites (N-methyl/N-ethyl adjacent to an activating group) is 1. The van der Waals surface area contributed by atoms with Gasteiger partial charge in [0.25, 0.3) is 0 Å². The van der Waals surface area contributed by atoms with E-state index in [1.54, 1.807) is 14.2 Å². The molecule has 1 aromatic rings. The maximum atomic E-state index is 12.0. The third-order valence-corrected chi connectivity index (χ3v) is 3.33. The standard InChI is InChI=1S/C19H28N2O4/c1-14(15-9-7-8-10-16(15)24-6)13-17(22)20-11-12-21(5)18(23)25-19(2,3)4/h7-10,13H,11-12H2,1-6H3,(H,20,22). The minimum absolute atomic E-state index is 0.221. The monoisotopic (exact) mass is 348 g/mol. The van der Waals surface area contributed by atoms with E-state index in [-0.39, 0.29) is 5.91 Å². The maximum absolute atomic E-state index is 12.0. The predicted molar refractivity (Wildman–Crippen MR) is 98.5 cm³/mol. The van der Waals surface area contributed by atoms with Crippen molar-refractivity contribution in [1.29, 1.82) is 0 Å². The normalized spacial score (nSPS) is 11.7. The second-order valence-electron chi connectivity index (χ2n) is 6.72. The smallest absolute Gasteiger partial charge is 0.410 e. The highest BCUT2D eigenvalue weighted by molar-refractivity contribution is 5.95. The Balaban J connectivity index is 2.53. The molecule has 1 rings (SSSR count). The molecule has 0 bridgehead atoms. The molecule has 0 heterocycles. The third-order valence-electron chi connectivity index (χ3n) is 3.33. The van der Waals surface area contributed by atoms with E-state index in [0.717, 1.165) is 11.1 Å². The molecule has 0 aromatic heterocycles. The van der Waals surface area contributed by atoms with Gasteiger partial charge in [-0.3, -0.25) is 4.79 Å². The van der Waals surface area contributed by atoms with Gasteiger partial charge in [-0.25, -0.2) is 4.79 Å². The van der Waals surface area contributed by atoms with Crippen LogP contribution in [0.3, 0.4) is 0 Å². The van der Waals surface area contributed by atoms with Crippen LogP contribution < -0.4 is 10.1 Å². The Morgan fingerprint density at radius 2 is 1.88 bits per heavy atom. The van der Waals surface area contributed by atoms with Gasteiger partial charge in [0.1, 0.15) is 11.4 Å². The molecule has 1 aromatic carbocycles. The van der Waals surface area contributed by atoms with Gasteiger partial charge in [-0.15, -0.1) is 0 Å². The topological polar surface area (TPSA) is 67.9 Å². The molecular weight excluding hydrogens is 320 g/mol. The van der Waals surface area contributed by atoms with Crippen LogP contribution in [-0.2, 0) is 9.53 Å². The minimum atomic E-state index is -0.539. The molecule has 0 unspecified atom stereocenters. The Kier molecular flexibility index (Phi) is 7.48. The fraction of sp³-hybridized carbons (Fsp3) is 0.474. The lowest BCUT2D eigenvalue weighted by Gasteiger charge is -2.24. The van der Waals surface area contributed by atoms with Crippen molar-refractivity contribution in [2.45, 2.75) is 33.3 Å². The molecule has 0 atom stereocenters. The van der Waals surface area contributed by atoms with Gasteiger partial charge >= 0.3 is 6.09 Å².